The minimum absolute atomic E-state index is 0.00831. The molecule has 0 radical (unpaired) electrons. The monoisotopic (exact) mass is 533 g/mol. The number of rotatable bonds is 4. The first-order chi connectivity index (χ1) is 13.6. The van der Waals surface area contributed by atoms with E-state index in [0.29, 0.717) is 5.02 Å². The molecule has 0 saturated heterocycles. The molecule has 3 rings (SSSR count). The number of nitrogens with one attached hydrogen (secondary N) is 1. The van der Waals surface area contributed by atoms with Crippen LogP contribution in [0.5, 0.6) is 5.75 Å². The average molecular weight is 536 g/mol. The first-order valence-electron chi connectivity index (χ1n) is 7.89. The Morgan fingerprint density at radius 3 is 2.14 bits per heavy atom. The van der Waals surface area contributed by atoms with Crippen LogP contribution < -0.4 is 5.32 Å². The van der Waals surface area contributed by atoms with Crippen LogP contribution in [0.1, 0.15) is 10.4 Å². The summed E-state index contributed by atoms with van der Waals surface area (Å²) in [4.78, 5) is 12.5. The Balaban J connectivity index is 1.90. The Bertz CT molecular complexity index is 1210. The molecule has 150 valence electrons. The molecule has 3 aromatic carbocycles. The quantitative estimate of drug-likeness (QED) is 0.417. The molecule has 5 nitrogen and oxygen atoms in total. The molecule has 1 amide bonds. The maximum Gasteiger partial charge on any atom is 0.259 e. The highest BCUT2D eigenvalue weighted by molar-refractivity contribution is 9.10. The third kappa shape index (κ3) is 4.70. The second kappa shape index (κ2) is 8.53. The predicted molar refractivity (Wildman–Crippen MR) is 117 cm³/mol. The Hall–Kier alpha value is -1.77. The van der Waals surface area contributed by atoms with Gasteiger partial charge in [0.2, 0.25) is 9.84 Å². The van der Waals surface area contributed by atoms with Crippen molar-refractivity contribution in [2.75, 3.05) is 5.32 Å². The summed E-state index contributed by atoms with van der Waals surface area (Å²) in [5, 5.41) is 13.2. The van der Waals surface area contributed by atoms with Crippen molar-refractivity contribution < 1.29 is 18.3 Å². The lowest BCUT2D eigenvalue weighted by Gasteiger charge is -2.11. The lowest BCUT2D eigenvalue weighted by molar-refractivity contribution is 0.102. The molecule has 0 bridgehead atoms. The van der Waals surface area contributed by atoms with Gasteiger partial charge in [-0.2, -0.15) is 0 Å². The van der Waals surface area contributed by atoms with E-state index in [1.807, 2.05) is 0 Å². The van der Waals surface area contributed by atoms with Crippen molar-refractivity contribution in [1.82, 2.24) is 0 Å². The number of carbonyl (C=O) groups excluding carboxylic acids is 1. The van der Waals surface area contributed by atoms with Crippen molar-refractivity contribution in [3.8, 4) is 5.75 Å². The summed E-state index contributed by atoms with van der Waals surface area (Å²) in [5.74, 6) is -0.953. The summed E-state index contributed by atoms with van der Waals surface area (Å²) in [6.07, 6.45) is 0. The van der Waals surface area contributed by atoms with Crippen molar-refractivity contribution in [3.05, 3.63) is 79.7 Å². The van der Waals surface area contributed by atoms with Crippen LogP contribution in [-0.2, 0) is 9.84 Å². The molecule has 0 unspecified atom stereocenters. The molecule has 0 aliphatic heterocycles. The van der Waals surface area contributed by atoms with Gasteiger partial charge in [0.1, 0.15) is 5.75 Å². The Kier molecular flexibility index (Phi) is 6.45. The highest BCUT2D eigenvalue weighted by Gasteiger charge is 2.20. The fraction of sp³-hybridized carbons (Fsp3) is 0. The summed E-state index contributed by atoms with van der Waals surface area (Å²) in [6.45, 7) is 0. The lowest BCUT2D eigenvalue weighted by atomic mass is 10.2. The van der Waals surface area contributed by atoms with Crippen LogP contribution in [0.3, 0.4) is 0 Å². The molecule has 0 aliphatic carbocycles. The number of anilines is 1. The molecular formula is C19H11BrCl3NO4S. The topological polar surface area (TPSA) is 83.5 Å². The fourth-order valence-electron chi connectivity index (χ4n) is 2.44. The van der Waals surface area contributed by atoms with Crippen molar-refractivity contribution >= 4 is 72.2 Å². The maximum absolute atomic E-state index is 12.7. The number of aromatic hydroxyl groups is 1. The second-order valence-electron chi connectivity index (χ2n) is 5.84. The first kappa shape index (κ1) is 21.9. The number of hydrogen-bond acceptors (Lipinski definition) is 4. The van der Waals surface area contributed by atoms with Crippen LogP contribution in [0.15, 0.2) is 68.9 Å². The zero-order valence-corrected chi connectivity index (χ0v) is 19.0. The van der Waals surface area contributed by atoms with E-state index in [9.17, 15) is 18.3 Å². The predicted octanol–water partition coefficient (Wildman–Crippen LogP) is 6.20. The van der Waals surface area contributed by atoms with Gasteiger partial charge in [0.05, 0.1) is 30.5 Å². The maximum atomic E-state index is 12.7. The third-order valence-electron chi connectivity index (χ3n) is 3.90. The van der Waals surface area contributed by atoms with E-state index in [0.717, 1.165) is 0 Å². The molecule has 0 heterocycles. The van der Waals surface area contributed by atoms with E-state index < -0.39 is 15.7 Å². The number of sulfone groups is 1. The molecular weight excluding hydrogens is 525 g/mol. The standard InChI is InChI=1S/C19H11BrCl3NO4S/c20-15-8-11(22)7-14(18(15)25)19(26)24-17-6-5-13(9-16(17)23)29(27,28)12-3-1-10(21)2-4-12/h1-9,25H,(H,24,26). The Morgan fingerprint density at radius 2 is 1.52 bits per heavy atom. The van der Waals surface area contributed by atoms with Crippen LogP contribution in [-0.4, -0.2) is 19.4 Å². The Labute approximate surface area is 190 Å². The van der Waals surface area contributed by atoms with Gasteiger partial charge in [0, 0.05) is 10.0 Å². The molecule has 2 N–H and O–H groups in total. The Morgan fingerprint density at radius 1 is 0.897 bits per heavy atom. The van der Waals surface area contributed by atoms with Gasteiger partial charge >= 0.3 is 0 Å². The van der Waals surface area contributed by atoms with E-state index >= 15 is 0 Å². The second-order valence-corrected chi connectivity index (χ2v) is 9.92. The van der Waals surface area contributed by atoms with Crippen LogP contribution in [0.4, 0.5) is 5.69 Å². The summed E-state index contributed by atoms with van der Waals surface area (Å²) < 4.78 is 25.7. The van der Waals surface area contributed by atoms with E-state index in [1.165, 1.54) is 54.6 Å². The van der Waals surface area contributed by atoms with Crippen LogP contribution in [0, 0.1) is 0 Å². The highest BCUT2D eigenvalue weighted by atomic mass is 79.9. The molecule has 0 aliphatic rings. The van der Waals surface area contributed by atoms with Gasteiger partial charge in [-0.25, -0.2) is 8.42 Å². The number of halogens is 4. The molecule has 0 atom stereocenters. The van der Waals surface area contributed by atoms with Gasteiger partial charge in [-0.05, 0) is 70.5 Å². The zero-order valence-electron chi connectivity index (χ0n) is 14.3. The third-order valence-corrected chi connectivity index (χ3v) is 7.05. The average Bonchev–Trinajstić information content (AvgIpc) is 2.66. The molecule has 3 aromatic rings. The van der Waals surface area contributed by atoms with Crippen LogP contribution in [0.2, 0.25) is 15.1 Å². The highest BCUT2D eigenvalue weighted by Crippen LogP contribution is 2.33. The van der Waals surface area contributed by atoms with Gasteiger partial charge in [0.25, 0.3) is 5.91 Å². The molecule has 10 heteroatoms. The summed E-state index contributed by atoms with van der Waals surface area (Å²) in [7, 11) is -3.81. The van der Waals surface area contributed by atoms with Gasteiger partial charge in [-0.3, -0.25) is 4.79 Å². The normalized spacial score (nSPS) is 11.3. The first-order valence-corrected chi connectivity index (χ1v) is 11.3. The van der Waals surface area contributed by atoms with E-state index in [2.05, 4.69) is 21.2 Å². The number of phenolic OH excluding ortho intramolecular Hbond substituents is 1. The number of benzene rings is 3. The largest absolute Gasteiger partial charge is 0.506 e. The smallest absolute Gasteiger partial charge is 0.259 e. The van der Waals surface area contributed by atoms with Crippen molar-refractivity contribution in [3.63, 3.8) is 0 Å². The molecule has 29 heavy (non-hydrogen) atoms. The summed E-state index contributed by atoms with van der Waals surface area (Å²) >= 11 is 21.0. The van der Waals surface area contributed by atoms with Crippen LogP contribution >= 0.6 is 50.7 Å². The minimum Gasteiger partial charge on any atom is -0.506 e. The minimum atomic E-state index is -3.81. The van der Waals surface area contributed by atoms with E-state index in [4.69, 9.17) is 34.8 Å². The molecule has 0 saturated carbocycles. The number of phenols is 1. The van der Waals surface area contributed by atoms with Crippen molar-refractivity contribution in [2.45, 2.75) is 9.79 Å². The summed E-state index contributed by atoms with van der Waals surface area (Å²) in [5.41, 5.74) is 0.0977. The number of amides is 1. The van der Waals surface area contributed by atoms with Crippen molar-refractivity contribution in [1.29, 1.82) is 0 Å². The van der Waals surface area contributed by atoms with Crippen LogP contribution in [0.25, 0.3) is 0 Å². The molecule has 0 aromatic heterocycles. The zero-order chi connectivity index (χ0) is 21.3. The summed E-state index contributed by atoms with van der Waals surface area (Å²) in [6, 6.07) is 12.4. The number of hydrogen-bond donors (Lipinski definition) is 2. The van der Waals surface area contributed by atoms with E-state index in [1.54, 1.807) is 0 Å². The SMILES string of the molecule is O=C(Nc1ccc(S(=O)(=O)c2ccc(Cl)cc2)cc1Cl)c1cc(Cl)cc(Br)c1O. The lowest BCUT2D eigenvalue weighted by Crippen LogP contribution is -2.13. The van der Waals surface area contributed by atoms with Gasteiger partial charge in [0.15, 0.2) is 0 Å². The van der Waals surface area contributed by atoms with E-state index in [-0.39, 0.29) is 41.3 Å². The van der Waals surface area contributed by atoms with Crippen molar-refractivity contribution in [2.24, 2.45) is 0 Å². The fourth-order valence-corrected chi connectivity index (χ4v) is 4.96. The number of carbonyl (C=O) groups is 1. The van der Waals surface area contributed by atoms with Gasteiger partial charge < -0.3 is 10.4 Å². The molecule has 0 spiro atoms. The van der Waals surface area contributed by atoms with Gasteiger partial charge in [-0.1, -0.05) is 34.8 Å². The van der Waals surface area contributed by atoms with Gasteiger partial charge in [-0.15, -0.1) is 0 Å². The molecule has 0 fully saturated rings.